The van der Waals surface area contributed by atoms with Crippen LogP contribution in [0.5, 0.6) is 0 Å². The summed E-state index contributed by atoms with van der Waals surface area (Å²) < 4.78 is 18.1. The minimum atomic E-state index is -1.03. The number of amides is 1. The van der Waals surface area contributed by atoms with E-state index in [1.165, 1.54) is 25.3 Å². The van der Waals surface area contributed by atoms with Crippen LogP contribution in [0.2, 0.25) is 0 Å². The van der Waals surface area contributed by atoms with Crippen LogP contribution in [0.15, 0.2) is 34.9 Å². The Labute approximate surface area is 115 Å². The molecule has 106 valence electrons. The van der Waals surface area contributed by atoms with Gasteiger partial charge in [-0.3, -0.25) is 4.79 Å². The van der Waals surface area contributed by atoms with E-state index in [2.05, 4.69) is 10.3 Å². The molecule has 1 amide bonds. The Morgan fingerprint density at radius 2 is 2.15 bits per heavy atom. The number of hydrogen-bond donors (Lipinski definition) is 2. The summed E-state index contributed by atoms with van der Waals surface area (Å²) in [5.74, 6) is -0.338. The predicted molar refractivity (Wildman–Crippen MR) is 70.3 cm³/mol. The van der Waals surface area contributed by atoms with E-state index in [9.17, 15) is 9.18 Å². The summed E-state index contributed by atoms with van der Waals surface area (Å²) in [6.45, 7) is 1.76. The molecule has 2 rings (SSSR count). The van der Waals surface area contributed by atoms with Gasteiger partial charge in [-0.15, -0.1) is 0 Å². The predicted octanol–water partition coefficient (Wildman–Crippen LogP) is 1.52. The average molecular weight is 278 g/mol. The van der Waals surface area contributed by atoms with Crippen LogP contribution in [0.25, 0.3) is 11.5 Å². The Morgan fingerprint density at radius 1 is 1.45 bits per heavy atom. The Balaban J connectivity index is 1.92. The minimum absolute atomic E-state index is 0.318. The van der Waals surface area contributed by atoms with E-state index in [-0.39, 0.29) is 5.82 Å². The Hall–Kier alpha value is -2.21. The summed E-state index contributed by atoms with van der Waals surface area (Å²) in [4.78, 5) is 15.4. The van der Waals surface area contributed by atoms with E-state index in [0.29, 0.717) is 30.1 Å². The lowest BCUT2D eigenvalue weighted by atomic mass is 10.2. The fourth-order valence-electron chi connectivity index (χ4n) is 1.61. The zero-order valence-corrected chi connectivity index (χ0v) is 11.0. The van der Waals surface area contributed by atoms with Crippen molar-refractivity contribution in [2.24, 2.45) is 0 Å². The molecule has 20 heavy (non-hydrogen) atoms. The molecule has 0 saturated heterocycles. The highest BCUT2D eigenvalue weighted by atomic mass is 19.1. The molecular formula is C14H15FN2O3. The number of halogens is 1. The molecule has 2 aromatic rings. The molecule has 1 unspecified atom stereocenters. The molecule has 0 aliphatic rings. The zero-order valence-electron chi connectivity index (χ0n) is 11.0. The summed E-state index contributed by atoms with van der Waals surface area (Å²) in [6, 6.07) is 5.84. The number of aliphatic hydroxyl groups is 1. The fourth-order valence-corrected chi connectivity index (χ4v) is 1.61. The number of nitrogens with zero attached hydrogens (tertiary/aromatic N) is 1. The van der Waals surface area contributed by atoms with E-state index in [0.717, 1.165) is 0 Å². The lowest BCUT2D eigenvalue weighted by Gasteiger charge is -2.04. The van der Waals surface area contributed by atoms with Gasteiger partial charge in [0, 0.05) is 18.5 Å². The first-order chi connectivity index (χ1) is 9.56. The second-order valence-electron chi connectivity index (χ2n) is 4.37. The molecule has 0 bridgehead atoms. The van der Waals surface area contributed by atoms with Crippen molar-refractivity contribution in [1.29, 1.82) is 0 Å². The molecule has 5 nitrogen and oxygen atoms in total. The molecule has 0 spiro atoms. The van der Waals surface area contributed by atoms with E-state index < -0.39 is 12.0 Å². The molecule has 1 atom stereocenters. The SMILES string of the molecule is CC(O)C(=O)NCCc1coc(-c2ccc(F)cc2)n1. The fraction of sp³-hybridized carbons (Fsp3) is 0.286. The summed E-state index contributed by atoms with van der Waals surface area (Å²) in [5.41, 5.74) is 1.36. The van der Waals surface area contributed by atoms with Gasteiger partial charge in [-0.05, 0) is 31.2 Å². The van der Waals surface area contributed by atoms with Crippen molar-refractivity contribution >= 4 is 5.91 Å². The maximum Gasteiger partial charge on any atom is 0.248 e. The molecular weight excluding hydrogens is 263 g/mol. The van der Waals surface area contributed by atoms with Gasteiger partial charge in [0.05, 0.1) is 5.69 Å². The van der Waals surface area contributed by atoms with Crippen LogP contribution >= 0.6 is 0 Å². The third-order valence-electron chi connectivity index (χ3n) is 2.70. The van der Waals surface area contributed by atoms with Crippen LogP contribution in [-0.4, -0.2) is 28.6 Å². The van der Waals surface area contributed by atoms with Crippen LogP contribution < -0.4 is 5.32 Å². The monoisotopic (exact) mass is 278 g/mol. The molecule has 0 fully saturated rings. The van der Waals surface area contributed by atoms with E-state index in [1.807, 2.05) is 0 Å². The Kier molecular flexibility index (Phi) is 4.47. The van der Waals surface area contributed by atoms with E-state index in [4.69, 9.17) is 9.52 Å². The summed E-state index contributed by atoms with van der Waals surface area (Å²) in [7, 11) is 0. The standard InChI is InChI=1S/C14H15FN2O3/c1-9(18)13(19)16-7-6-12-8-20-14(17-12)10-2-4-11(15)5-3-10/h2-5,8-9,18H,6-7H2,1H3,(H,16,19). The largest absolute Gasteiger partial charge is 0.444 e. The van der Waals surface area contributed by atoms with E-state index in [1.54, 1.807) is 12.1 Å². The number of hydrogen-bond acceptors (Lipinski definition) is 4. The van der Waals surface area contributed by atoms with Crippen molar-refractivity contribution in [1.82, 2.24) is 10.3 Å². The van der Waals surface area contributed by atoms with Gasteiger partial charge in [0.1, 0.15) is 18.2 Å². The summed E-state index contributed by atoms with van der Waals surface area (Å²) >= 11 is 0. The number of carbonyl (C=O) groups is 1. The summed E-state index contributed by atoms with van der Waals surface area (Å²) in [5, 5.41) is 11.6. The lowest BCUT2D eigenvalue weighted by Crippen LogP contribution is -2.33. The number of oxazole rings is 1. The van der Waals surface area contributed by atoms with Crippen molar-refractivity contribution in [2.45, 2.75) is 19.4 Å². The number of aromatic nitrogens is 1. The van der Waals surface area contributed by atoms with Gasteiger partial charge in [-0.2, -0.15) is 0 Å². The van der Waals surface area contributed by atoms with Crippen LogP contribution in [0.4, 0.5) is 4.39 Å². The van der Waals surface area contributed by atoms with Crippen LogP contribution in [0.3, 0.4) is 0 Å². The third-order valence-corrected chi connectivity index (χ3v) is 2.70. The molecule has 0 saturated carbocycles. The minimum Gasteiger partial charge on any atom is -0.444 e. The van der Waals surface area contributed by atoms with Gasteiger partial charge < -0.3 is 14.8 Å². The second-order valence-corrected chi connectivity index (χ2v) is 4.37. The molecule has 0 radical (unpaired) electrons. The van der Waals surface area contributed by atoms with Gasteiger partial charge in [-0.1, -0.05) is 0 Å². The molecule has 0 aliphatic heterocycles. The van der Waals surface area contributed by atoms with Gasteiger partial charge in [0.15, 0.2) is 0 Å². The number of rotatable bonds is 5. The Morgan fingerprint density at radius 3 is 2.80 bits per heavy atom. The molecule has 1 aromatic heterocycles. The third kappa shape index (κ3) is 3.64. The molecule has 2 N–H and O–H groups in total. The maximum atomic E-state index is 12.8. The van der Waals surface area contributed by atoms with Crippen LogP contribution in [0, 0.1) is 5.82 Å². The van der Waals surface area contributed by atoms with Crippen LogP contribution in [-0.2, 0) is 11.2 Å². The van der Waals surface area contributed by atoms with E-state index >= 15 is 0 Å². The molecule has 1 aromatic carbocycles. The Bertz CT molecular complexity index is 578. The molecule has 6 heteroatoms. The number of carbonyl (C=O) groups excluding carboxylic acids is 1. The maximum absolute atomic E-state index is 12.8. The first-order valence-electron chi connectivity index (χ1n) is 6.22. The molecule has 1 heterocycles. The van der Waals surface area contributed by atoms with Gasteiger partial charge in [-0.25, -0.2) is 9.37 Å². The second kappa shape index (κ2) is 6.29. The van der Waals surface area contributed by atoms with Crippen molar-refractivity contribution in [3.05, 3.63) is 42.0 Å². The normalized spacial score (nSPS) is 12.2. The topological polar surface area (TPSA) is 75.4 Å². The smallest absolute Gasteiger partial charge is 0.248 e. The highest BCUT2D eigenvalue weighted by molar-refractivity contribution is 5.79. The van der Waals surface area contributed by atoms with Crippen molar-refractivity contribution in [3.8, 4) is 11.5 Å². The van der Waals surface area contributed by atoms with Crippen molar-refractivity contribution in [2.75, 3.05) is 6.54 Å². The number of benzene rings is 1. The van der Waals surface area contributed by atoms with Crippen LogP contribution in [0.1, 0.15) is 12.6 Å². The first kappa shape index (κ1) is 14.2. The highest BCUT2D eigenvalue weighted by Crippen LogP contribution is 2.18. The highest BCUT2D eigenvalue weighted by Gasteiger charge is 2.09. The number of nitrogens with one attached hydrogen (secondary N) is 1. The van der Waals surface area contributed by atoms with Gasteiger partial charge >= 0.3 is 0 Å². The van der Waals surface area contributed by atoms with Gasteiger partial charge in [0.25, 0.3) is 0 Å². The van der Waals surface area contributed by atoms with Crippen molar-refractivity contribution < 1.29 is 18.7 Å². The summed E-state index contributed by atoms with van der Waals surface area (Å²) in [6.07, 6.45) is 0.957. The van der Waals surface area contributed by atoms with Crippen molar-refractivity contribution in [3.63, 3.8) is 0 Å². The number of aliphatic hydroxyl groups excluding tert-OH is 1. The quantitative estimate of drug-likeness (QED) is 0.869. The lowest BCUT2D eigenvalue weighted by molar-refractivity contribution is -0.128. The van der Waals surface area contributed by atoms with Gasteiger partial charge in [0.2, 0.25) is 11.8 Å². The zero-order chi connectivity index (χ0) is 14.5. The average Bonchev–Trinajstić information content (AvgIpc) is 2.88. The molecule has 0 aliphatic carbocycles. The first-order valence-corrected chi connectivity index (χ1v) is 6.22.